The molecule has 0 unspecified atom stereocenters. The highest BCUT2D eigenvalue weighted by Crippen LogP contribution is 2.08. The summed E-state index contributed by atoms with van der Waals surface area (Å²) in [4.78, 5) is 15.8. The zero-order chi connectivity index (χ0) is 12.8. The maximum absolute atomic E-state index is 11.8. The van der Waals surface area contributed by atoms with E-state index in [0.29, 0.717) is 18.0 Å². The summed E-state index contributed by atoms with van der Waals surface area (Å²) in [6.07, 6.45) is 1.66. The lowest BCUT2D eigenvalue weighted by Crippen LogP contribution is -2.22. The molecule has 0 radical (unpaired) electrons. The lowest BCUT2D eigenvalue weighted by atomic mass is 10.2. The van der Waals surface area contributed by atoms with Gasteiger partial charge < -0.3 is 10.1 Å². The number of rotatable bonds is 4. The first-order valence-electron chi connectivity index (χ1n) is 5.62. The molecule has 0 saturated heterocycles. The van der Waals surface area contributed by atoms with Gasteiger partial charge in [0.15, 0.2) is 0 Å². The molecule has 0 aliphatic rings. The SMILES string of the molecule is COc1cc(CNC(=O)c2ccccc2)ccn1. The fourth-order valence-electron chi connectivity index (χ4n) is 1.55. The molecule has 4 heteroatoms. The quantitative estimate of drug-likeness (QED) is 0.892. The van der Waals surface area contributed by atoms with Crippen LogP contribution < -0.4 is 10.1 Å². The molecule has 1 aromatic carbocycles. The predicted molar refractivity (Wildman–Crippen MR) is 68.4 cm³/mol. The molecule has 0 spiro atoms. The molecule has 4 nitrogen and oxygen atoms in total. The van der Waals surface area contributed by atoms with Gasteiger partial charge in [0.25, 0.3) is 5.91 Å². The van der Waals surface area contributed by atoms with Gasteiger partial charge in [-0.25, -0.2) is 4.98 Å². The van der Waals surface area contributed by atoms with Gasteiger partial charge in [-0.3, -0.25) is 4.79 Å². The number of nitrogens with zero attached hydrogens (tertiary/aromatic N) is 1. The Bertz CT molecular complexity index is 526. The molecule has 0 aliphatic heterocycles. The molecule has 1 N–H and O–H groups in total. The number of ether oxygens (including phenoxy) is 1. The molecule has 1 aromatic heterocycles. The Hall–Kier alpha value is -2.36. The van der Waals surface area contributed by atoms with Crippen molar-refractivity contribution in [2.75, 3.05) is 7.11 Å². The van der Waals surface area contributed by atoms with E-state index in [9.17, 15) is 4.79 Å². The standard InChI is InChI=1S/C14H14N2O2/c1-18-13-9-11(7-8-15-13)10-16-14(17)12-5-3-2-4-6-12/h2-9H,10H2,1H3,(H,16,17). The third-order valence-corrected chi connectivity index (χ3v) is 2.50. The van der Waals surface area contributed by atoms with Crippen molar-refractivity contribution >= 4 is 5.91 Å². The van der Waals surface area contributed by atoms with E-state index >= 15 is 0 Å². The van der Waals surface area contributed by atoms with Crippen LogP contribution in [0.25, 0.3) is 0 Å². The summed E-state index contributed by atoms with van der Waals surface area (Å²) in [7, 11) is 1.56. The Kier molecular flexibility index (Phi) is 3.91. The molecule has 18 heavy (non-hydrogen) atoms. The second-order valence-corrected chi connectivity index (χ2v) is 3.76. The summed E-state index contributed by atoms with van der Waals surface area (Å²) < 4.78 is 5.02. The monoisotopic (exact) mass is 242 g/mol. The highest BCUT2D eigenvalue weighted by Gasteiger charge is 2.04. The van der Waals surface area contributed by atoms with E-state index in [4.69, 9.17) is 4.74 Å². The summed E-state index contributed by atoms with van der Waals surface area (Å²) in [6, 6.07) is 12.8. The minimum Gasteiger partial charge on any atom is -0.481 e. The molecule has 0 bridgehead atoms. The lowest BCUT2D eigenvalue weighted by molar-refractivity contribution is 0.0951. The summed E-state index contributed by atoms with van der Waals surface area (Å²) in [5.74, 6) is 0.452. The Morgan fingerprint density at radius 2 is 2.06 bits per heavy atom. The normalized spacial score (nSPS) is 9.83. The van der Waals surface area contributed by atoms with E-state index in [0.717, 1.165) is 5.56 Å². The lowest BCUT2D eigenvalue weighted by Gasteiger charge is -2.06. The van der Waals surface area contributed by atoms with Gasteiger partial charge in [-0.1, -0.05) is 18.2 Å². The highest BCUT2D eigenvalue weighted by atomic mass is 16.5. The van der Waals surface area contributed by atoms with Crippen LogP contribution in [-0.2, 0) is 6.54 Å². The molecule has 1 amide bonds. The number of carbonyl (C=O) groups excluding carboxylic acids is 1. The Balaban J connectivity index is 1.97. The van der Waals surface area contributed by atoms with Gasteiger partial charge in [0.05, 0.1) is 7.11 Å². The van der Waals surface area contributed by atoms with Crippen LogP contribution >= 0.6 is 0 Å². The van der Waals surface area contributed by atoms with Crippen molar-refractivity contribution in [3.05, 3.63) is 59.8 Å². The number of aromatic nitrogens is 1. The summed E-state index contributed by atoms with van der Waals surface area (Å²) in [5, 5.41) is 2.84. The van der Waals surface area contributed by atoms with Gasteiger partial charge in [0.2, 0.25) is 5.88 Å². The average Bonchev–Trinajstić information content (AvgIpc) is 2.46. The van der Waals surface area contributed by atoms with Crippen molar-refractivity contribution < 1.29 is 9.53 Å². The topological polar surface area (TPSA) is 51.2 Å². The first kappa shape index (κ1) is 12.1. The molecule has 2 rings (SSSR count). The first-order chi connectivity index (χ1) is 8.79. The van der Waals surface area contributed by atoms with Crippen LogP contribution in [-0.4, -0.2) is 18.0 Å². The number of carbonyl (C=O) groups is 1. The van der Waals surface area contributed by atoms with Gasteiger partial charge in [0, 0.05) is 24.4 Å². The van der Waals surface area contributed by atoms with E-state index in [1.807, 2.05) is 24.3 Å². The average molecular weight is 242 g/mol. The number of benzene rings is 1. The van der Waals surface area contributed by atoms with Crippen molar-refractivity contribution in [1.29, 1.82) is 0 Å². The van der Waals surface area contributed by atoms with Gasteiger partial charge >= 0.3 is 0 Å². The van der Waals surface area contributed by atoms with Crippen molar-refractivity contribution in [1.82, 2.24) is 10.3 Å². The number of methoxy groups -OCH3 is 1. The molecule has 1 heterocycles. The van der Waals surface area contributed by atoms with Crippen LogP contribution in [0, 0.1) is 0 Å². The van der Waals surface area contributed by atoms with Gasteiger partial charge in [-0.05, 0) is 23.8 Å². The third-order valence-electron chi connectivity index (χ3n) is 2.50. The number of pyridine rings is 1. The molecule has 0 fully saturated rings. The fraction of sp³-hybridized carbons (Fsp3) is 0.143. The number of amides is 1. The Morgan fingerprint density at radius 3 is 2.78 bits per heavy atom. The number of nitrogens with one attached hydrogen (secondary N) is 1. The van der Waals surface area contributed by atoms with Gasteiger partial charge in [0.1, 0.15) is 0 Å². The molecular formula is C14H14N2O2. The summed E-state index contributed by atoms with van der Waals surface area (Å²) >= 11 is 0. The largest absolute Gasteiger partial charge is 0.481 e. The molecule has 0 aliphatic carbocycles. The van der Waals surface area contributed by atoms with Crippen LogP contribution in [0.4, 0.5) is 0 Å². The minimum absolute atomic E-state index is 0.0913. The van der Waals surface area contributed by atoms with Crippen LogP contribution in [0.1, 0.15) is 15.9 Å². The number of hydrogen-bond acceptors (Lipinski definition) is 3. The van der Waals surface area contributed by atoms with E-state index in [-0.39, 0.29) is 5.91 Å². The van der Waals surface area contributed by atoms with Crippen LogP contribution in [0.3, 0.4) is 0 Å². The minimum atomic E-state index is -0.0913. The van der Waals surface area contributed by atoms with E-state index in [1.54, 1.807) is 31.5 Å². The molecule has 0 saturated carbocycles. The van der Waals surface area contributed by atoms with Crippen molar-refractivity contribution in [2.45, 2.75) is 6.54 Å². The second-order valence-electron chi connectivity index (χ2n) is 3.76. The zero-order valence-electron chi connectivity index (χ0n) is 10.1. The fourth-order valence-corrected chi connectivity index (χ4v) is 1.55. The van der Waals surface area contributed by atoms with Gasteiger partial charge in [-0.2, -0.15) is 0 Å². The van der Waals surface area contributed by atoms with Crippen molar-refractivity contribution in [3.63, 3.8) is 0 Å². The number of hydrogen-bond donors (Lipinski definition) is 1. The smallest absolute Gasteiger partial charge is 0.251 e. The maximum Gasteiger partial charge on any atom is 0.251 e. The van der Waals surface area contributed by atoms with Crippen molar-refractivity contribution in [3.8, 4) is 5.88 Å². The zero-order valence-corrected chi connectivity index (χ0v) is 10.1. The second kappa shape index (κ2) is 5.82. The van der Waals surface area contributed by atoms with E-state index in [2.05, 4.69) is 10.3 Å². The van der Waals surface area contributed by atoms with Crippen LogP contribution in [0.5, 0.6) is 5.88 Å². The molecular weight excluding hydrogens is 228 g/mol. The molecule has 0 atom stereocenters. The van der Waals surface area contributed by atoms with Crippen LogP contribution in [0.2, 0.25) is 0 Å². The first-order valence-corrected chi connectivity index (χ1v) is 5.62. The van der Waals surface area contributed by atoms with E-state index < -0.39 is 0 Å². The molecule has 2 aromatic rings. The van der Waals surface area contributed by atoms with Crippen molar-refractivity contribution in [2.24, 2.45) is 0 Å². The van der Waals surface area contributed by atoms with E-state index in [1.165, 1.54) is 0 Å². The highest BCUT2D eigenvalue weighted by molar-refractivity contribution is 5.94. The van der Waals surface area contributed by atoms with Gasteiger partial charge in [-0.15, -0.1) is 0 Å². The van der Waals surface area contributed by atoms with Crippen LogP contribution in [0.15, 0.2) is 48.7 Å². The summed E-state index contributed by atoms with van der Waals surface area (Å²) in [6.45, 7) is 0.451. The molecule has 92 valence electrons. The summed E-state index contributed by atoms with van der Waals surface area (Å²) in [5.41, 5.74) is 1.60. The Morgan fingerprint density at radius 1 is 1.28 bits per heavy atom. The maximum atomic E-state index is 11.8. The third kappa shape index (κ3) is 3.07. The predicted octanol–water partition coefficient (Wildman–Crippen LogP) is 2.02. The Labute approximate surface area is 106 Å².